The van der Waals surface area contributed by atoms with E-state index in [0.29, 0.717) is 5.02 Å². The van der Waals surface area contributed by atoms with E-state index in [4.69, 9.17) is 11.6 Å². The fraction of sp³-hybridized carbons (Fsp3) is 0.231. The van der Waals surface area contributed by atoms with Crippen LogP contribution in [-0.4, -0.2) is 15.3 Å². The third-order valence-corrected chi connectivity index (χ3v) is 2.83. The quantitative estimate of drug-likeness (QED) is 0.889. The summed E-state index contributed by atoms with van der Waals surface area (Å²) in [6.45, 7) is 3.68. The van der Waals surface area contributed by atoms with Crippen molar-refractivity contribution in [2.75, 3.05) is 0 Å². The maximum Gasteiger partial charge on any atom is 0.106 e. The first-order valence-electron chi connectivity index (χ1n) is 5.32. The number of aryl methyl sites for hydroxylation is 2. The molecular weight excluding hydrogens is 236 g/mol. The van der Waals surface area contributed by atoms with Crippen molar-refractivity contribution in [1.82, 2.24) is 10.2 Å². The highest BCUT2D eigenvalue weighted by Gasteiger charge is 2.14. The average Bonchev–Trinajstić information content (AvgIpc) is 2.31. The molecule has 1 heterocycles. The molecule has 3 nitrogen and oxygen atoms in total. The number of nitrogens with zero attached hydrogens (tertiary/aromatic N) is 2. The van der Waals surface area contributed by atoms with Crippen LogP contribution in [0.3, 0.4) is 0 Å². The van der Waals surface area contributed by atoms with Crippen LogP contribution in [0.15, 0.2) is 30.3 Å². The van der Waals surface area contributed by atoms with Gasteiger partial charge in [0.25, 0.3) is 0 Å². The molecule has 1 aromatic heterocycles. The molecule has 0 amide bonds. The molecule has 0 saturated heterocycles. The Kier molecular flexibility index (Phi) is 3.41. The second-order valence-corrected chi connectivity index (χ2v) is 4.42. The molecule has 1 atom stereocenters. The van der Waals surface area contributed by atoms with Crippen LogP contribution in [0.4, 0.5) is 0 Å². The Bertz CT molecular complexity index is 543. The molecule has 17 heavy (non-hydrogen) atoms. The standard InChI is InChI=1S/C13H13ClN2O/c1-8-6-12(9(2)16-15-8)13(17)10-4-3-5-11(14)7-10/h3-7,13,17H,1-2H3. The molecule has 1 aromatic carbocycles. The zero-order valence-electron chi connectivity index (χ0n) is 9.68. The lowest BCUT2D eigenvalue weighted by Crippen LogP contribution is -2.05. The van der Waals surface area contributed by atoms with Crippen LogP contribution in [0.1, 0.15) is 28.6 Å². The zero-order valence-corrected chi connectivity index (χ0v) is 10.4. The van der Waals surface area contributed by atoms with Crippen LogP contribution in [-0.2, 0) is 0 Å². The van der Waals surface area contributed by atoms with E-state index in [-0.39, 0.29) is 0 Å². The highest BCUT2D eigenvalue weighted by Crippen LogP contribution is 2.25. The van der Waals surface area contributed by atoms with Crippen LogP contribution in [0.2, 0.25) is 5.02 Å². The summed E-state index contributed by atoms with van der Waals surface area (Å²) in [5.74, 6) is 0. The summed E-state index contributed by atoms with van der Waals surface area (Å²) in [4.78, 5) is 0. The van der Waals surface area contributed by atoms with E-state index in [1.54, 1.807) is 12.1 Å². The second kappa shape index (κ2) is 4.82. The van der Waals surface area contributed by atoms with Crippen LogP contribution < -0.4 is 0 Å². The molecule has 0 aliphatic rings. The predicted molar refractivity (Wildman–Crippen MR) is 67.0 cm³/mol. The van der Waals surface area contributed by atoms with Gasteiger partial charge in [0.1, 0.15) is 6.10 Å². The van der Waals surface area contributed by atoms with E-state index in [2.05, 4.69) is 10.2 Å². The van der Waals surface area contributed by atoms with Gasteiger partial charge in [0.2, 0.25) is 0 Å². The summed E-state index contributed by atoms with van der Waals surface area (Å²) in [6.07, 6.45) is -0.720. The Labute approximate surface area is 105 Å². The van der Waals surface area contributed by atoms with Gasteiger partial charge in [0, 0.05) is 10.6 Å². The van der Waals surface area contributed by atoms with E-state index in [9.17, 15) is 5.11 Å². The third kappa shape index (κ3) is 2.62. The van der Waals surface area contributed by atoms with Gasteiger partial charge < -0.3 is 5.11 Å². The fourth-order valence-corrected chi connectivity index (χ4v) is 1.90. The van der Waals surface area contributed by atoms with E-state index >= 15 is 0 Å². The molecule has 1 N–H and O–H groups in total. The maximum absolute atomic E-state index is 10.3. The van der Waals surface area contributed by atoms with Gasteiger partial charge in [-0.15, -0.1) is 0 Å². The van der Waals surface area contributed by atoms with Gasteiger partial charge in [-0.3, -0.25) is 0 Å². The van der Waals surface area contributed by atoms with Gasteiger partial charge in [-0.2, -0.15) is 10.2 Å². The molecule has 0 saturated carbocycles. The highest BCUT2D eigenvalue weighted by atomic mass is 35.5. The van der Waals surface area contributed by atoms with E-state index in [0.717, 1.165) is 22.5 Å². The van der Waals surface area contributed by atoms with E-state index in [1.807, 2.05) is 32.0 Å². The summed E-state index contributed by atoms with van der Waals surface area (Å²) in [5.41, 5.74) is 3.03. The van der Waals surface area contributed by atoms with Gasteiger partial charge in [0.05, 0.1) is 11.4 Å². The van der Waals surface area contributed by atoms with Crippen molar-refractivity contribution in [3.05, 3.63) is 57.9 Å². The number of aliphatic hydroxyl groups excluding tert-OH is 1. The van der Waals surface area contributed by atoms with Gasteiger partial charge in [-0.1, -0.05) is 23.7 Å². The van der Waals surface area contributed by atoms with Crippen molar-refractivity contribution >= 4 is 11.6 Å². The molecule has 2 aromatic rings. The molecule has 0 aliphatic carbocycles. The van der Waals surface area contributed by atoms with Crippen LogP contribution in [0.5, 0.6) is 0 Å². The minimum atomic E-state index is -0.720. The molecule has 0 fully saturated rings. The smallest absolute Gasteiger partial charge is 0.106 e. The topological polar surface area (TPSA) is 46.0 Å². The first-order chi connectivity index (χ1) is 8.08. The summed E-state index contributed by atoms with van der Waals surface area (Å²) >= 11 is 5.91. The number of hydrogen-bond donors (Lipinski definition) is 1. The molecule has 0 radical (unpaired) electrons. The average molecular weight is 249 g/mol. The van der Waals surface area contributed by atoms with Crippen molar-refractivity contribution in [2.24, 2.45) is 0 Å². The first kappa shape index (κ1) is 12.0. The number of halogens is 1. The molecule has 4 heteroatoms. The maximum atomic E-state index is 10.3. The van der Waals surface area contributed by atoms with Gasteiger partial charge in [0.15, 0.2) is 0 Å². The Balaban J connectivity index is 2.43. The van der Waals surface area contributed by atoms with Crippen molar-refractivity contribution in [3.8, 4) is 0 Å². The van der Waals surface area contributed by atoms with E-state index < -0.39 is 6.10 Å². The lowest BCUT2D eigenvalue weighted by Gasteiger charge is -2.13. The van der Waals surface area contributed by atoms with E-state index in [1.165, 1.54) is 0 Å². The lowest BCUT2D eigenvalue weighted by molar-refractivity contribution is 0.218. The van der Waals surface area contributed by atoms with Gasteiger partial charge in [-0.05, 0) is 37.6 Å². The van der Waals surface area contributed by atoms with Crippen molar-refractivity contribution in [3.63, 3.8) is 0 Å². The summed E-state index contributed by atoms with van der Waals surface area (Å²) in [6, 6.07) is 9.03. The fourth-order valence-electron chi connectivity index (χ4n) is 1.70. The summed E-state index contributed by atoms with van der Waals surface area (Å²) < 4.78 is 0. The minimum absolute atomic E-state index is 0.609. The lowest BCUT2D eigenvalue weighted by atomic mass is 10.0. The monoisotopic (exact) mass is 248 g/mol. The van der Waals surface area contributed by atoms with Crippen molar-refractivity contribution in [1.29, 1.82) is 0 Å². The Morgan fingerprint density at radius 1 is 1.18 bits per heavy atom. The Hall–Kier alpha value is -1.45. The number of aromatic nitrogens is 2. The number of benzene rings is 1. The normalized spacial score (nSPS) is 12.5. The molecule has 0 bridgehead atoms. The van der Waals surface area contributed by atoms with Gasteiger partial charge >= 0.3 is 0 Å². The number of hydrogen-bond acceptors (Lipinski definition) is 3. The van der Waals surface area contributed by atoms with Crippen LogP contribution in [0.25, 0.3) is 0 Å². The largest absolute Gasteiger partial charge is 0.384 e. The predicted octanol–water partition coefficient (Wildman–Crippen LogP) is 2.83. The first-order valence-corrected chi connectivity index (χ1v) is 5.70. The summed E-state index contributed by atoms with van der Waals surface area (Å²) in [5, 5.41) is 18.9. The molecule has 88 valence electrons. The SMILES string of the molecule is Cc1cc(C(O)c2cccc(Cl)c2)c(C)nn1. The highest BCUT2D eigenvalue weighted by molar-refractivity contribution is 6.30. The van der Waals surface area contributed by atoms with Gasteiger partial charge in [-0.25, -0.2) is 0 Å². The Morgan fingerprint density at radius 3 is 2.65 bits per heavy atom. The third-order valence-electron chi connectivity index (χ3n) is 2.60. The number of rotatable bonds is 2. The molecular formula is C13H13ClN2O. The molecule has 1 unspecified atom stereocenters. The van der Waals surface area contributed by atoms with Crippen molar-refractivity contribution < 1.29 is 5.11 Å². The molecule has 0 aliphatic heterocycles. The van der Waals surface area contributed by atoms with Crippen LogP contribution >= 0.6 is 11.6 Å². The zero-order chi connectivity index (χ0) is 12.4. The Morgan fingerprint density at radius 2 is 1.94 bits per heavy atom. The minimum Gasteiger partial charge on any atom is -0.384 e. The second-order valence-electron chi connectivity index (χ2n) is 3.98. The van der Waals surface area contributed by atoms with Crippen molar-refractivity contribution in [2.45, 2.75) is 20.0 Å². The number of aliphatic hydroxyl groups is 1. The summed E-state index contributed by atoms with van der Waals surface area (Å²) in [7, 11) is 0. The molecule has 0 spiro atoms. The van der Waals surface area contributed by atoms with Crippen LogP contribution in [0, 0.1) is 13.8 Å². The molecule has 2 rings (SSSR count).